The zero-order valence-corrected chi connectivity index (χ0v) is 10.3. The topological polar surface area (TPSA) is 64.3 Å². The van der Waals surface area contributed by atoms with Gasteiger partial charge >= 0.3 is 0 Å². The number of hydrogen-bond acceptors (Lipinski definition) is 3. The number of benzene rings is 1. The van der Waals surface area contributed by atoms with E-state index in [1.807, 2.05) is 44.2 Å². The molecule has 0 bridgehead atoms. The van der Waals surface area contributed by atoms with Gasteiger partial charge in [0.2, 0.25) is 5.91 Å². The van der Waals surface area contributed by atoms with Gasteiger partial charge in [0.1, 0.15) is 5.75 Å². The molecule has 0 radical (unpaired) electrons. The van der Waals surface area contributed by atoms with Crippen LogP contribution in [0.1, 0.15) is 20.3 Å². The number of nitrogens with one attached hydrogen (secondary N) is 1. The molecular weight excluding hydrogens is 216 g/mol. The van der Waals surface area contributed by atoms with Gasteiger partial charge in [0.25, 0.3) is 0 Å². The van der Waals surface area contributed by atoms with Gasteiger partial charge < -0.3 is 15.8 Å². The van der Waals surface area contributed by atoms with Crippen LogP contribution in [0.4, 0.5) is 0 Å². The summed E-state index contributed by atoms with van der Waals surface area (Å²) in [5.74, 6) is 0.468. The van der Waals surface area contributed by atoms with Crippen molar-refractivity contribution in [1.82, 2.24) is 5.32 Å². The van der Waals surface area contributed by atoms with Gasteiger partial charge in [-0.15, -0.1) is 0 Å². The summed E-state index contributed by atoms with van der Waals surface area (Å²) in [5.41, 5.74) is 5.31. The SMILES string of the molecule is CC(C)NC(CCOc1ccccc1)C(N)=O. The summed E-state index contributed by atoms with van der Waals surface area (Å²) in [4.78, 5) is 11.2. The van der Waals surface area contributed by atoms with Crippen LogP contribution in [0.3, 0.4) is 0 Å². The molecule has 0 aliphatic rings. The number of hydrogen-bond donors (Lipinski definition) is 2. The monoisotopic (exact) mass is 236 g/mol. The second kappa shape index (κ2) is 6.91. The molecule has 1 unspecified atom stereocenters. The minimum absolute atomic E-state index is 0.226. The van der Waals surface area contributed by atoms with E-state index in [-0.39, 0.29) is 18.0 Å². The second-order valence-electron chi connectivity index (χ2n) is 4.23. The predicted octanol–water partition coefficient (Wildman–Crippen LogP) is 1.31. The minimum atomic E-state index is -0.338. The van der Waals surface area contributed by atoms with Gasteiger partial charge in [0.15, 0.2) is 0 Å². The van der Waals surface area contributed by atoms with Crippen molar-refractivity contribution in [2.45, 2.75) is 32.4 Å². The third kappa shape index (κ3) is 5.36. The molecule has 4 heteroatoms. The zero-order valence-electron chi connectivity index (χ0n) is 10.3. The van der Waals surface area contributed by atoms with Gasteiger partial charge in [-0.1, -0.05) is 32.0 Å². The van der Waals surface area contributed by atoms with Crippen molar-refractivity contribution in [3.63, 3.8) is 0 Å². The van der Waals surface area contributed by atoms with Gasteiger partial charge in [-0.2, -0.15) is 0 Å². The van der Waals surface area contributed by atoms with Gasteiger partial charge in [-0.25, -0.2) is 0 Å². The smallest absolute Gasteiger partial charge is 0.234 e. The average molecular weight is 236 g/mol. The first kappa shape index (κ1) is 13.5. The Bertz CT molecular complexity index is 339. The maximum atomic E-state index is 11.2. The number of amides is 1. The molecule has 3 N–H and O–H groups in total. The van der Waals surface area contributed by atoms with E-state index >= 15 is 0 Å². The Labute approximate surface area is 102 Å². The Morgan fingerprint density at radius 2 is 2.00 bits per heavy atom. The highest BCUT2D eigenvalue weighted by atomic mass is 16.5. The standard InChI is InChI=1S/C13H20N2O2/c1-10(2)15-12(13(14)16)8-9-17-11-6-4-3-5-7-11/h3-7,10,12,15H,8-9H2,1-2H3,(H2,14,16). The lowest BCUT2D eigenvalue weighted by Crippen LogP contribution is -2.45. The van der Waals surface area contributed by atoms with E-state index in [1.54, 1.807) is 0 Å². The lowest BCUT2D eigenvalue weighted by atomic mass is 10.2. The van der Waals surface area contributed by atoms with Crippen molar-refractivity contribution in [2.75, 3.05) is 6.61 Å². The third-order valence-electron chi connectivity index (χ3n) is 2.30. The van der Waals surface area contributed by atoms with Crippen LogP contribution < -0.4 is 15.8 Å². The number of nitrogens with two attached hydrogens (primary N) is 1. The Morgan fingerprint density at radius 3 is 2.53 bits per heavy atom. The fourth-order valence-corrected chi connectivity index (χ4v) is 1.52. The van der Waals surface area contributed by atoms with E-state index in [0.717, 1.165) is 5.75 Å². The van der Waals surface area contributed by atoms with Gasteiger partial charge in [0, 0.05) is 12.5 Å². The average Bonchev–Trinajstić information content (AvgIpc) is 2.28. The maximum Gasteiger partial charge on any atom is 0.234 e. The third-order valence-corrected chi connectivity index (χ3v) is 2.30. The fraction of sp³-hybridized carbons (Fsp3) is 0.462. The lowest BCUT2D eigenvalue weighted by Gasteiger charge is -2.18. The normalized spacial score (nSPS) is 12.4. The van der Waals surface area contributed by atoms with Crippen molar-refractivity contribution in [1.29, 1.82) is 0 Å². The van der Waals surface area contributed by atoms with E-state index in [9.17, 15) is 4.79 Å². The molecule has 0 saturated carbocycles. The molecule has 0 spiro atoms. The Balaban J connectivity index is 2.35. The summed E-state index contributed by atoms with van der Waals surface area (Å²) in [6.07, 6.45) is 0.572. The van der Waals surface area contributed by atoms with E-state index < -0.39 is 0 Å². The molecule has 0 aromatic heterocycles. The molecule has 1 aromatic rings. The zero-order chi connectivity index (χ0) is 12.7. The largest absolute Gasteiger partial charge is 0.494 e. The van der Waals surface area contributed by atoms with E-state index in [0.29, 0.717) is 13.0 Å². The molecule has 94 valence electrons. The van der Waals surface area contributed by atoms with Crippen LogP contribution in [-0.4, -0.2) is 24.6 Å². The highest BCUT2D eigenvalue weighted by Gasteiger charge is 2.15. The summed E-state index contributed by atoms with van der Waals surface area (Å²) in [5, 5.41) is 3.11. The predicted molar refractivity (Wildman–Crippen MR) is 67.8 cm³/mol. The Morgan fingerprint density at radius 1 is 1.35 bits per heavy atom. The first-order valence-corrected chi connectivity index (χ1v) is 5.83. The molecule has 1 amide bonds. The molecule has 0 aliphatic heterocycles. The highest BCUT2D eigenvalue weighted by Crippen LogP contribution is 2.09. The molecule has 17 heavy (non-hydrogen) atoms. The van der Waals surface area contributed by atoms with Crippen LogP contribution in [0.25, 0.3) is 0 Å². The van der Waals surface area contributed by atoms with Crippen LogP contribution in [0, 0.1) is 0 Å². The maximum absolute atomic E-state index is 11.2. The summed E-state index contributed by atoms with van der Waals surface area (Å²) in [7, 11) is 0. The summed E-state index contributed by atoms with van der Waals surface area (Å²) >= 11 is 0. The number of carbonyl (C=O) groups is 1. The van der Waals surface area contributed by atoms with Crippen LogP contribution in [-0.2, 0) is 4.79 Å². The quantitative estimate of drug-likeness (QED) is 0.750. The number of carbonyl (C=O) groups excluding carboxylic acids is 1. The van der Waals surface area contributed by atoms with E-state index in [4.69, 9.17) is 10.5 Å². The van der Waals surface area contributed by atoms with Crippen molar-refractivity contribution in [3.05, 3.63) is 30.3 Å². The van der Waals surface area contributed by atoms with Crippen molar-refractivity contribution >= 4 is 5.91 Å². The summed E-state index contributed by atoms with van der Waals surface area (Å²) in [6, 6.07) is 9.41. The summed E-state index contributed by atoms with van der Waals surface area (Å²) in [6.45, 7) is 4.43. The number of primary amides is 1. The van der Waals surface area contributed by atoms with Crippen molar-refractivity contribution in [2.24, 2.45) is 5.73 Å². The van der Waals surface area contributed by atoms with Crippen LogP contribution in [0.5, 0.6) is 5.75 Å². The van der Waals surface area contributed by atoms with Crippen LogP contribution >= 0.6 is 0 Å². The van der Waals surface area contributed by atoms with Crippen molar-refractivity contribution in [3.8, 4) is 5.75 Å². The lowest BCUT2D eigenvalue weighted by molar-refractivity contribution is -0.120. The second-order valence-corrected chi connectivity index (χ2v) is 4.23. The minimum Gasteiger partial charge on any atom is -0.494 e. The van der Waals surface area contributed by atoms with Gasteiger partial charge in [0.05, 0.1) is 12.6 Å². The number of para-hydroxylation sites is 1. The van der Waals surface area contributed by atoms with Crippen molar-refractivity contribution < 1.29 is 9.53 Å². The fourth-order valence-electron chi connectivity index (χ4n) is 1.52. The van der Waals surface area contributed by atoms with Gasteiger partial charge in [-0.05, 0) is 12.1 Å². The molecule has 1 atom stereocenters. The molecule has 0 heterocycles. The first-order valence-electron chi connectivity index (χ1n) is 5.83. The molecule has 0 fully saturated rings. The molecule has 4 nitrogen and oxygen atoms in total. The molecule has 0 aliphatic carbocycles. The Kier molecular flexibility index (Phi) is 5.49. The number of rotatable bonds is 7. The first-order chi connectivity index (χ1) is 8.09. The van der Waals surface area contributed by atoms with E-state index in [1.165, 1.54) is 0 Å². The molecular formula is C13H20N2O2. The van der Waals surface area contributed by atoms with Gasteiger partial charge in [-0.3, -0.25) is 4.79 Å². The van der Waals surface area contributed by atoms with Crippen LogP contribution in [0.2, 0.25) is 0 Å². The van der Waals surface area contributed by atoms with Crippen LogP contribution in [0.15, 0.2) is 30.3 Å². The summed E-state index contributed by atoms with van der Waals surface area (Å²) < 4.78 is 5.52. The Hall–Kier alpha value is -1.55. The molecule has 0 saturated heterocycles. The van der Waals surface area contributed by atoms with E-state index in [2.05, 4.69) is 5.32 Å². The molecule has 1 aromatic carbocycles. The number of ether oxygens (including phenoxy) is 1. The highest BCUT2D eigenvalue weighted by molar-refractivity contribution is 5.79. The molecule has 1 rings (SSSR count).